The summed E-state index contributed by atoms with van der Waals surface area (Å²) in [5.74, 6) is -3.04. The monoisotopic (exact) mass is 435 g/mol. The first-order valence-electron chi connectivity index (χ1n) is 8.91. The van der Waals surface area contributed by atoms with Crippen molar-refractivity contribution in [2.24, 2.45) is 0 Å². The average molecular weight is 435 g/mol. The van der Waals surface area contributed by atoms with Crippen molar-refractivity contribution in [3.8, 4) is 16.6 Å². The highest BCUT2D eigenvalue weighted by molar-refractivity contribution is 7.17. The van der Waals surface area contributed by atoms with Crippen LogP contribution in [0.3, 0.4) is 0 Å². The van der Waals surface area contributed by atoms with E-state index in [1.165, 1.54) is 54.5 Å². The molecule has 2 amide bonds. The highest BCUT2D eigenvalue weighted by atomic mass is 32.1. The molecule has 1 aromatic heterocycles. The molecular weight excluding hydrogens is 419 g/mol. The van der Waals surface area contributed by atoms with E-state index in [9.17, 15) is 18.0 Å². The molecule has 0 spiro atoms. The number of carbonyl (C=O) groups excluding carboxylic acids is 1. The number of benzene rings is 2. The number of hydrogen-bond acceptors (Lipinski definition) is 5. The number of nitrogens with one attached hydrogen (secondary N) is 1. The lowest BCUT2D eigenvalue weighted by Gasteiger charge is -2.27. The minimum atomic E-state index is -3.01. The Hall–Kier alpha value is -3.27. The summed E-state index contributed by atoms with van der Waals surface area (Å²) in [4.78, 5) is 17.8. The molecule has 0 fully saturated rings. The molecule has 30 heavy (non-hydrogen) atoms. The summed E-state index contributed by atoms with van der Waals surface area (Å²) in [7, 11) is 1.46. The van der Waals surface area contributed by atoms with Crippen LogP contribution in [0.15, 0.2) is 48.7 Å². The molecule has 2 heterocycles. The van der Waals surface area contributed by atoms with Gasteiger partial charge in [-0.1, -0.05) is 17.4 Å². The smallest absolute Gasteiger partial charge is 0.327 e. The number of carbonyl (C=O) groups is 1. The predicted octanol–water partition coefficient (Wildman–Crippen LogP) is 5.62. The Morgan fingerprint density at radius 1 is 1.30 bits per heavy atom. The standard InChI is InChI=1S/C20H16F3N3O3S/c1-26(13-5-6-16-15(10-13)20(22,23)7-8-28-16)19(27)25-18-24-11-17(30-18)29-14-4-2-3-12(21)9-14/h2-6,9-11H,7-8H2,1H3,(H,24,25,27). The van der Waals surface area contributed by atoms with Crippen LogP contribution in [0.2, 0.25) is 0 Å². The zero-order chi connectivity index (χ0) is 21.3. The molecule has 4 rings (SSSR count). The fourth-order valence-electron chi connectivity index (χ4n) is 2.87. The summed E-state index contributed by atoms with van der Waals surface area (Å²) < 4.78 is 52.3. The third-order valence-corrected chi connectivity index (χ3v) is 5.23. The number of fused-ring (bicyclic) bond motifs is 1. The second-order valence-corrected chi connectivity index (χ2v) is 7.51. The quantitative estimate of drug-likeness (QED) is 0.578. The van der Waals surface area contributed by atoms with E-state index in [4.69, 9.17) is 9.47 Å². The minimum absolute atomic E-state index is 0.0558. The van der Waals surface area contributed by atoms with E-state index >= 15 is 0 Å². The minimum Gasteiger partial charge on any atom is -0.493 e. The molecule has 0 atom stereocenters. The fraction of sp³-hybridized carbons (Fsp3) is 0.200. The number of amides is 2. The molecule has 10 heteroatoms. The van der Waals surface area contributed by atoms with E-state index in [0.29, 0.717) is 10.8 Å². The second-order valence-electron chi connectivity index (χ2n) is 6.52. The number of nitrogens with zero attached hydrogens (tertiary/aromatic N) is 2. The van der Waals surface area contributed by atoms with E-state index < -0.39 is 24.2 Å². The molecule has 1 aliphatic rings. The summed E-state index contributed by atoms with van der Waals surface area (Å²) in [5, 5.41) is 3.17. The Bertz CT molecular complexity index is 1090. The van der Waals surface area contributed by atoms with Crippen LogP contribution in [0, 0.1) is 5.82 Å². The molecule has 0 radical (unpaired) electrons. The van der Waals surface area contributed by atoms with Gasteiger partial charge in [0.2, 0.25) is 5.06 Å². The summed E-state index contributed by atoms with van der Waals surface area (Å²) in [6.45, 7) is -0.0558. The van der Waals surface area contributed by atoms with Crippen LogP contribution in [0.1, 0.15) is 12.0 Å². The van der Waals surface area contributed by atoms with Gasteiger partial charge in [0.05, 0.1) is 24.8 Å². The Balaban J connectivity index is 1.45. The number of ether oxygens (including phenoxy) is 2. The van der Waals surface area contributed by atoms with Crippen molar-refractivity contribution in [2.45, 2.75) is 12.3 Å². The lowest BCUT2D eigenvalue weighted by molar-refractivity contribution is -0.0404. The zero-order valence-electron chi connectivity index (χ0n) is 15.7. The van der Waals surface area contributed by atoms with Gasteiger partial charge in [-0.3, -0.25) is 10.2 Å². The second kappa shape index (κ2) is 7.86. The summed E-state index contributed by atoms with van der Waals surface area (Å²) in [5.41, 5.74) is 0.0372. The van der Waals surface area contributed by atoms with Crippen molar-refractivity contribution in [3.63, 3.8) is 0 Å². The molecule has 0 saturated heterocycles. The van der Waals surface area contributed by atoms with Crippen LogP contribution in [0.4, 0.5) is 28.8 Å². The normalized spacial score (nSPS) is 14.4. The number of urea groups is 1. The first-order chi connectivity index (χ1) is 14.3. The number of halogens is 3. The Morgan fingerprint density at radius 2 is 2.13 bits per heavy atom. The van der Waals surface area contributed by atoms with E-state index in [2.05, 4.69) is 10.3 Å². The molecule has 3 aromatic rings. The van der Waals surface area contributed by atoms with Gasteiger partial charge in [0.25, 0.3) is 5.92 Å². The van der Waals surface area contributed by atoms with Crippen LogP contribution in [-0.2, 0) is 5.92 Å². The van der Waals surface area contributed by atoms with Crippen LogP contribution >= 0.6 is 11.3 Å². The first kappa shape index (κ1) is 20.0. The van der Waals surface area contributed by atoms with Crippen LogP contribution in [0.5, 0.6) is 16.6 Å². The zero-order valence-corrected chi connectivity index (χ0v) is 16.5. The first-order valence-corrected chi connectivity index (χ1v) is 9.72. The molecule has 6 nitrogen and oxygen atoms in total. The predicted molar refractivity (Wildman–Crippen MR) is 106 cm³/mol. The maximum atomic E-state index is 14.2. The van der Waals surface area contributed by atoms with Crippen molar-refractivity contribution >= 4 is 28.2 Å². The molecule has 0 bridgehead atoms. The van der Waals surface area contributed by atoms with Crippen molar-refractivity contribution in [1.29, 1.82) is 0 Å². The van der Waals surface area contributed by atoms with Gasteiger partial charge in [-0.15, -0.1) is 0 Å². The maximum absolute atomic E-state index is 14.2. The highest BCUT2D eigenvalue weighted by Gasteiger charge is 2.38. The Morgan fingerprint density at radius 3 is 2.93 bits per heavy atom. The van der Waals surface area contributed by atoms with Gasteiger partial charge < -0.3 is 9.47 Å². The largest absolute Gasteiger partial charge is 0.493 e. The van der Waals surface area contributed by atoms with Crippen molar-refractivity contribution in [3.05, 3.63) is 60.0 Å². The van der Waals surface area contributed by atoms with E-state index in [1.807, 2.05) is 0 Å². The van der Waals surface area contributed by atoms with E-state index in [1.54, 1.807) is 6.07 Å². The third-order valence-electron chi connectivity index (χ3n) is 4.44. The molecule has 156 valence electrons. The molecule has 1 aliphatic heterocycles. The molecule has 0 saturated carbocycles. The van der Waals surface area contributed by atoms with Crippen LogP contribution < -0.4 is 19.7 Å². The molecule has 0 unspecified atom stereocenters. The number of rotatable bonds is 4. The molecule has 0 aliphatic carbocycles. The molecular formula is C20H16F3N3O3S. The van der Waals surface area contributed by atoms with Gasteiger partial charge in [-0.2, -0.15) is 0 Å². The topological polar surface area (TPSA) is 63.7 Å². The Kier molecular flexibility index (Phi) is 5.25. The summed E-state index contributed by atoms with van der Waals surface area (Å²) in [6.07, 6.45) is 0.981. The number of aromatic nitrogens is 1. The number of hydrogen-bond donors (Lipinski definition) is 1. The lowest BCUT2D eigenvalue weighted by atomic mass is 10.0. The maximum Gasteiger partial charge on any atom is 0.327 e. The Labute approximate surface area is 173 Å². The van der Waals surface area contributed by atoms with Gasteiger partial charge in [-0.05, 0) is 30.3 Å². The van der Waals surface area contributed by atoms with Gasteiger partial charge in [0.1, 0.15) is 17.3 Å². The summed E-state index contributed by atoms with van der Waals surface area (Å²) in [6, 6.07) is 9.25. The lowest BCUT2D eigenvalue weighted by Crippen LogP contribution is -2.32. The number of anilines is 2. The highest BCUT2D eigenvalue weighted by Crippen LogP contribution is 2.43. The SMILES string of the molecule is CN(C(=O)Nc1ncc(Oc2cccc(F)c2)s1)c1ccc2c(c1)C(F)(F)CCO2. The van der Waals surface area contributed by atoms with Crippen LogP contribution in [-0.4, -0.2) is 24.7 Å². The summed E-state index contributed by atoms with van der Waals surface area (Å²) >= 11 is 1.04. The molecule has 1 N–H and O–H groups in total. The number of thiazole rings is 1. The van der Waals surface area contributed by atoms with Crippen molar-refractivity contribution in [2.75, 3.05) is 23.9 Å². The third kappa shape index (κ3) is 4.18. The van der Waals surface area contributed by atoms with Gasteiger partial charge >= 0.3 is 6.03 Å². The van der Waals surface area contributed by atoms with Gasteiger partial charge in [0.15, 0.2) is 5.13 Å². The van der Waals surface area contributed by atoms with Crippen LogP contribution in [0.25, 0.3) is 0 Å². The van der Waals surface area contributed by atoms with Gasteiger partial charge in [0, 0.05) is 18.8 Å². The average Bonchev–Trinajstić information content (AvgIpc) is 3.13. The van der Waals surface area contributed by atoms with E-state index in [0.717, 1.165) is 11.3 Å². The van der Waals surface area contributed by atoms with Gasteiger partial charge in [-0.25, -0.2) is 22.9 Å². The van der Waals surface area contributed by atoms with E-state index in [-0.39, 0.29) is 28.7 Å². The number of alkyl halides is 2. The van der Waals surface area contributed by atoms with Crippen molar-refractivity contribution < 1.29 is 27.4 Å². The fourth-order valence-corrected chi connectivity index (χ4v) is 3.54. The van der Waals surface area contributed by atoms with Crippen molar-refractivity contribution in [1.82, 2.24) is 4.98 Å². The molecule has 2 aromatic carbocycles.